The average molecular weight is 317 g/mol. The summed E-state index contributed by atoms with van der Waals surface area (Å²) in [6, 6.07) is 4.70. The molecule has 0 spiro atoms. The van der Waals surface area contributed by atoms with Gasteiger partial charge in [-0.2, -0.15) is 4.31 Å². The number of carbonyl (C=O) groups is 1. The number of hydrogen-bond donors (Lipinski definition) is 1. The summed E-state index contributed by atoms with van der Waals surface area (Å²) < 4.78 is 44.0. The van der Waals surface area contributed by atoms with Crippen LogP contribution in [0.5, 0.6) is 0 Å². The van der Waals surface area contributed by atoms with E-state index in [1.54, 1.807) is 6.07 Å². The van der Waals surface area contributed by atoms with Crippen molar-refractivity contribution in [3.05, 3.63) is 35.6 Å². The van der Waals surface area contributed by atoms with Crippen molar-refractivity contribution in [1.29, 1.82) is 0 Å². The molecule has 1 heterocycles. The van der Waals surface area contributed by atoms with Gasteiger partial charge in [-0.05, 0) is 18.1 Å². The van der Waals surface area contributed by atoms with Crippen LogP contribution in [0.4, 0.5) is 4.39 Å². The molecule has 0 saturated carbocycles. The minimum absolute atomic E-state index is 0.00129. The number of nitrogens with zero attached hydrogens (tertiary/aromatic N) is 1. The van der Waals surface area contributed by atoms with E-state index in [9.17, 15) is 17.6 Å². The van der Waals surface area contributed by atoms with E-state index in [1.807, 2.05) is 0 Å². The number of aryl methyl sites for hydroxylation is 1. The van der Waals surface area contributed by atoms with Crippen LogP contribution in [0.25, 0.3) is 0 Å². The molecule has 1 aromatic rings. The molecule has 21 heavy (non-hydrogen) atoms. The fraction of sp³-hybridized carbons (Fsp3) is 0.462. The van der Waals surface area contributed by atoms with Crippen LogP contribution in [0.3, 0.4) is 0 Å². The first-order valence-electron chi connectivity index (χ1n) is 6.45. The summed E-state index contributed by atoms with van der Waals surface area (Å²) in [7, 11) is -3.79. The van der Waals surface area contributed by atoms with E-state index in [0.717, 1.165) is 4.31 Å². The number of morpholine rings is 1. The Labute approximate surface area is 122 Å². The lowest BCUT2D eigenvalue weighted by atomic mass is 10.2. The average Bonchev–Trinajstić information content (AvgIpc) is 2.46. The molecule has 1 atom stereocenters. The number of hydrogen-bond acceptors (Lipinski definition) is 4. The fourth-order valence-electron chi connectivity index (χ4n) is 2.17. The number of ether oxygens (including phenoxy) is 1. The van der Waals surface area contributed by atoms with Crippen molar-refractivity contribution >= 4 is 16.0 Å². The highest BCUT2D eigenvalue weighted by Gasteiger charge is 2.37. The zero-order valence-corrected chi connectivity index (χ0v) is 12.1. The van der Waals surface area contributed by atoms with Gasteiger partial charge in [-0.3, -0.25) is 4.79 Å². The minimum atomic E-state index is -3.79. The van der Waals surface area contributed by atoms with Gasteiger partial charge >= 0.3 is 5.97 Å². The molecule has 0 radical (unpaired) electrons. The van der Waals surface area contributed by atoms with Crippen molar-refractivity contribution in [2.24, 2.45) is 0 Å². The zero-order valence-electron chi connectivity index (χ0n) is 11.2. The first-order valence-corrected chi connectivity index (χ1v) is 8.06. The van der Waals surface area contributed by atoms with Gasteiger partial charge in [0.15, 0.2) is 0 Å². The topological polar surface area (TPSA) is 83.9 Å². The van der Waals surface area contributed by atoms with Gasteiger partial charge in [0.2, 0.25) is 10.0 Å². The van der Waals surface area contributed by atoms with Gasteiger partial charge in [-0.25, -0.2) is 12.8 Å². The molecule has 1 aliphatic rings. The van der Waals surface area contributed by atoms with Crippen LogP contribution in [-0.2, 0) is 26.0 Å². The summed E-state index contributed by atoms with van der Waals surface area (Å²) in [5.41, 5.74) is 0.293. The fourth-order valence-corrected chi connectivity index (χ4v) is 3.78. The number of carboxylic acid groups (broad SMARTS) is 1. The van der Waals surface area contributed by atoms with E-state index in [0.29, 0.717) is 5.56 Å². The Kier molecular flexibility index (Phi) is 4.92. The summed E-state index contributed by atoms with van der Waals surface area (Å²) in [5.74, 6) is -2.05. The molecule has 0 aliphatic carbocycles. The first kappa shape index (κ1) is 15.9. The highest BCUT2D eigenvalue weighted by Crippen LogP contribution is 2.16. The molecular formula is C13H16FNO5S. The Bertz CT molecular complexity index is 619. The number of rotatable bonds is 5. The van der Waals surface area contributed by atoms with Gasteiger partial charge in [0.05, 0.1) is 19.0 Å². The van der Waals surface area contributed by atoms with Crippen LogP contribution in [0.2, 0.25) is 0 Å². The predicted molar refractivity (Wildman–Crippen MR) is 72.8 cm³/mol. The van der Waals surface area contributed by atoms with Gasteiger partial charge in [0.1, 0.15) is 11.9 Å². The smallest absolute Gasteiger partial charge is 0.324 e. The van der Waals surface area contributed by atoms with E-state index in [-0.39, 0.29) is 31.9 Å². The van der Waals surface area contributed by atoms with Crippen molar-refractivity contribution in [1.82, 2.24) is 4.31 Å². The third-order valence-corrected chi connectivity index (χ3v) is 5.18. The Morgan fingerprint density at radius 3 is 2.81 bits per heavy atom. The van der Waals surface area contributed by atoms with Crippen LogP contribution in [-0.4, -0.2) is 55.4 Å². The molecule has 1 fully saturated rings. The van der Waals surface area contributed by atoms with Crippen LogP contribution in [0.15, 0.2) is 24.3 Å². The number of benzene rings is 1. The van der Waals surface area contributed by atoms with E-state index in [2.05, 4.69) is 0 Å². The molecule has 116 valence electrons. The molecular weight excluding hydrogens is 301 g/mol. The standard InChI is InChI=1S/C13H16FNO5S/c14-11-4-2-1-3-10(11)5-8-21(18,19)15-6-7-20-9-12(15)13(16)17/h1-4,12H,5-9H2,(H,16,17). The van der Waals surface area contributed by atoms with Crippen molar-refractivity contribution in [3.8, 4) is 0 Å². The third-order valence-electron chi connectivity index (χ3n) is 3.31. The molecule has 1 aliphatic heterocycles. The van der Waals surface area contributed by atoms with Crippen molar-refractivity contribution in [2.75, 3.05) is 25.5 Å². The Morgan fingerprint density at radius 2 is 2.14 bits per heavy atom. The maximum absolute atomic E-state index is 13.5. The quantitative estimate of drug-likeness (QED) is 0.854. The number of halogens is 1. The zero-order chi connectivity index (χ0) is 15.5. The molecule has 8 heteroatoms. The van der Waals surface area contributed by atoms with Gasteiger partial charge in [-0.15, -0.1) is 0 Å². The Morgan fingerprint density at radius 1 is 1.43 bits per heavy atom. The third kappa shape index (κ3) is 3.78. The van der Waals surface area contributed by atoms with Crippen LogP contribution in [0.1, 0.15) is 5.56 Å². The molecule has 2 rings (SSSR count). The first-order chi connectivity index (χ1) is 9.92. The highest BCUT2D eigenvalue weighted by molar-refractivity contribution is 7.89. The maximum atomic E-state index is 13.5. The summed E-state index contributed by atoms with van der Waals surface area (Å²) in [6.07, 6.45) is -0.00129. The number of sulfonamides is 1. The Balaban J connectivity index is 2.10. The van der Waals surface area contributed by atoms with Gasteiger partial charge < -0.3 is 9.84 Å². The highest BCUT2D eigenvalue weighted by atomic mass is 32.2. The molecule has 1 N–H and O–H groups in total. The molecule has 1 saturated heterocycles. The molecule has 1 unspecified atom stereocenters. The monoisotopic (exact) mass is 317 g/mol. The molecule has 0 amide bonds. The predicted octanol–water partition coefficient (Wildman–Crippen LogP) is 0.483. The maximum Gasteiger partial charge on any atom is 0.324 e. The van der Waals surface area contributed by atoms with Crippen LogP contribution >= 0.6 is 0 Å². The normalized spacial score (nSPS) is 20.3. The SMILES string of the molecule is O=C(O)C1COCCN1S(=O)(=O)CCc1ccccc1F. The lowest BCUT2D eigenvalue weighted by molar-refractivity contribution is -0.146. The van der Waals surface area contributed by atoms with Crippen molar-refractivity contribution in [3.63, 3.8) is 0 Å². The van der Waals surface area contributed by atoms with E-state index in [1.165, 1.54) is 18.2 Å². The van der Waals surface area contributed by atoms with Gasteiger partial charge in [0, 0.05) is 6.54 Å². The summed E-state index contributed by atoms with van der Waals surface area (Å²) in [5, 5.41) is 9.06. The Hall–Kier alpha value is -1.51. The number of carboxylic acids is 1. The molecule has 1 aromatic carbocycles. The van der Waals surface area contributed by atoms with Gasteiger partial charge in [0.25, 0.3) is 0 Å². The molecule has 6 nitrogen and oxygen atoms in total. The number of aliphatic carboxylic acids is 1. The molecule has 0 aromatic heterocycles. The largest absolute Gasteiger partial charge is 0.480 e. The van der Waals surface area contributed by atoms with Gasteiger partial charge in [-0.1, -0.05) is 18.2 Å². The minimum Gasteiger partial charge on any atom is -0.480 e. The van der Waals surface area contributed by atoms with E-state index >= 15 is 0 Å². The van der Waals surface area contributed by atoms with E-state index < -0.39 is 27.9 Å². The second kappa shape index (κ2) is 6.50. The van der Waals surface area contributed by atoms with Crippen molar-refractivity contribution in [2.45, 2.75) is 12.5 Å². The van der Waals surface area contributed by atoms with Crippen molar-refractivity contribution < 1.29 is 27.4 Å². The summed E-state index contributed by atoms with van der Waals surface area (Å²) >= 11 is 0. The molecule has 0 bridgehead atoms. The lowest BCUT2D eigenvalue weighted by Gasteiger charge is -2.31. The summed E-state index contributed by atoms with van der Waals surface area (Å²) in [6.45, 7) is -0.0203. The second-order valence-electron chi connectivity index (χ2n) is 4.70. The summed E-state index contributed by atoms with van der Waals surface area (Å²) in [4.78, 5) is 11.1. The second-order valence-corrected chi connectivity index (χ2v) is 6.74. The lowest BCUT2D eigenvalue weighted by Crippen LogP contribution is -2.53. The van der Waals surface area contributed by atoms with Crippen LogP contribution < -0.4 is 0 Å². The van der Waals surface area contributed by atoms with E-state index in [4.69, 9.17) is 9.84 Å². The van der Waals surface area contributed by atoms with Crippen LogP contribution in [0, 0.1) is 5.82 Å².